The van der Waals surface area contributed by atoms with E-state index in [0.29, 0.717) is 0 Å². The van der Waals surface area contributed by atoms with Gasteiger partial charge in [0.25, 0.3) is 0 Å². The summed E-state index contributed by atoms with van der Waals surface area (Å²) in [6, 6.07) is 14.8. The number of urea groups is 1. The first-order valence-electron chi connectivity index (χ1n) is 9.20. The van der Waals surface area contributed by atoms with Crippen LogP contribution in [0.1, 0.15) is 22.5 Å². The van der Waals surface area contributed by atoms with Crippen molar-refractivity contribution in [3.05, 3.63) is 77.1 Å². The number of hydrogen-bond acceptors (Lipinski definition) is 3. The molecule has 2 N–H and O–H groups in total. The van der Waals surface area contributed by atoms with Gasteiger partial charge in [0, 0.05) is 29.9 Å². The van der Waals surface area contributed by atoms with Crippen molar-refractivity contribution in [3.8, 4) is 11.4 Å². The Labute approximate surface area is 171 Å². The number of para-hydroxylation sites is 2. The van der Waals surface area contributed by atoms with Crippen molar-refractivity contribution >= 4 is 6.03 Å². The second kappa shape index (κ2) is 8.89. The molecule has 0 aliphatic carbocycles. The van der Waals surface area contributed by atoms with Gasteiger partial charge in [0.15, 0.2) is 0 Å². The van der Waals surface area contributed by atoms with E-state index in [1.54, 1.807) is 10.7 Å². The molecular formula is C21H21F3N4O2. The predicted molar refractivity (Wildman–Crippen MR) is 105 cm³/mol. The van der Waals surface area contributed by atoms with Crippen LogP contribution in [-0.4, -0.2) is 22.2 Å². The molecule has 2 aromatic carbocycles. The van der Waals surface area contributed by atoms with E-state index in [4.69, 9.17) is 0 Å². The van der Waals surface area contributed by atoms with E-state index in [9.17, 15) is 18.0 Å². The maximum atomic E-state index is 12.5. The van der Waals surface area contributed by atoms with Crippen molar-refractivity contribution in [1.82, 2.24) is 20.4 Å². The van der Waals surface area contributed by atoms with Gasteiger partial charge in [-0.25, -0.2) is 9.48 Å². The lowest BCUT2D eigenvalue weighted by Gasteiger charge is -2.14. The van der Waals surface area contributed by atoms with Crippen LogP contribution in [0.5, 0.6) is 5.75 Å². The standard InChI is InChI=1S/C21H21F3N4O2/c1-14-18(15(2)28(27-14)17-9-4-3-5-10-17)13-26-20(29)25-12-16-8-6-7-11-19(16)30-21(22,23)24/h3-11H,12-13H2,1-2H3,(H2,25,26,29). The number of ether oxygens (including phenoxy) is 1. The lowest BCUT2D eigenvalue weighted by Crippen LogP contribution is -2.35. The molecule has 30 heavy (non-hydrogen) atoms. The molecule has 158 valence electrons. The number of alkyl halides is 3. The van der Waals surface area contributed by atoms with Crippen molar-refractivity contribution in [1.29, 1.82) is 0 Å². The molecule has 0 saturated carbocycles. The molecule has 1 aromatic heterocycles. The number of nitrogens with zero attached hydrogens (tertiary/aromatic N) is 2. The number of carbonyl (C=O) groups excluding carboxylic acids is 1. The first kappa shape index (κ1) is 21.2. The van der Waals surface area contributed by atoms with Crippen molar-refractivity contribution in [3.63, 3.8) is 0 Å². The molecule has 0 bridgehead atoms. The summed E-state index contributed by atoms with van der Waals surface area (Å²) in [5.74, 6) is -0.346. The first-order chi connectivity index (χ1) is 14.2. The molecule has 9 heteroatoms. The Morgan fingerprint density at radius 3 is 2.33 bits per heavy atom. The van der Waals surface area contributed by atoms with Crippen molar-refractivity contribution < 1.29 is 22.7 Å². The number of halogens is 3. The highest BCUT2D eigenvalue weighted by Gasteiger charge is 2.32. The van der Waals surface area contributed by atoms with Crippen LogP contribution in [0.25, 0.3) is 5.69 Å². The Morgan fingerprint density at radius 1 is 1.00 bits per heavy atom. The minimum atomic E-state index is -4.80. The van der Waals surface area contributed by atoms with Crippen LogP contribution in [-0.2, 0) is 13.1 Å². The molecule has 0 radical (unpaired) electrons. The number of benzene rings is 2. The van der Waals surface area contributed by atoms with E-state index in [1.165, 1.54) is 18.2 Å². The monoisotopic (exact) mass is 418 g/mol. The molecule has 0 fully saturated rings. The fourth-order valence-electron chi connectivity index (χ4n) is 3.03. The number of amides is 2. The number of carbonyl (C=O) groups is 1. The summed E-state index contributed by atoms with van der Waals surface area (Å²) in [6.07, 6.45) is -4.80. The maximum absolute atomic E-state index is 12.5. The molecule has 0 atom stereocenters. The van der Waals surface area contributed by atoms with E-state index in [1.807, 2.05) is 44.2 Å². The average molecular weight is 418 g/mol. The third-order valence-corrected chi connectivity index (χ3v) is 4.51. The normalized spacial score (nSPS) is 11.2. The van der Waals surface area contributed by atoms with Crippen LogP contribution in [0.15, 0.2) is 54.6 Å². The van der Waals surface area contributed by atoms with Crippen LogP contribution in [0, 0.1) is 13.8 Å². The van der Waals surface area contributed by atoms with E-state index in [-0.39, 0.29) is 24.4 Å². The second-order valence-electron chi connectivity index (χ2n) is 6.59. The minimum Gasteiger partial charge on any atom is -0.405 e. The highest BCUT2D eigenvalue weighted by atomic mass is 19.4. The van der Waals surface area contributed by atoms with E-state index in [0.717, 1.165) is 22.6 Å². The van der Waals surface area contributed by atoms with Crippen LogP contribution in [0.2, 0.25) is 0 Å². The zero-order chi connectivity index (χ0) is 21.7. The van der Waals surface area contributed by atoms with Crippen LogP contribution >= 0.6 is 0 Å². The summed E-state index contributed by atoms with van der Waals surface area (Å²) in [4.78, 5) is 12.2. The van der Waals surface area contributed by atoms with E-state index >= 15 is 0 Å². The van der Waals surface area contributed by atoms with Gasteiger partial charge >= 0.3 is 12.4 Å². The van der Waals surface area contributed by atoms with Gasteiger partial charge in [-0.05, 0) is 32.0 Å². The van der Waals surface area contributed by atoms with Gasteiger partial charge in [-0.3, -0.25) is 0 Å². The Morgan fingerprint density at radius 2 is 1.63 bits per heavy atom. The summed E-state index contributed by atoms with van der Waals surface area (Å²) in [5, 5.41) is 9.78. The topological polar surface area (TPSA) is 68.2 Å². The highest BCUT2D eigenvalue weighted by Crippen LogP contribution is 2.26. The number of aromatic nitrogens is 2. The van der Waals surface area contributed by atoms with E-state index < -0.39 is 12.4 Å². The molecule has 0 unspecified atom stereocenters. The summed E-state index contributed by atoms with van der Waals surface area (Å²) in [5.41, 5.74) is 3.67. The van der Waals surface area contributed by atoms with Crippen LogP contribution in [0.4, 0.5) is 18.0 Å². The van der Waals surface area contributed by atoms with Crippen molar-refractivity contribution in [2.75, 3.05) is 0 Å². The average Bonchev–Trinajstić information content (AvgIpc) is 2.99. The highest BCUT2D eigenvalue weighted by molar-refractivity contribution is 5.74. The SMILES string of the molecule is Cc1nn(-c2ccccc2)c(C)c1CNC(=O)NCc1ccccc1OC(F)(F)F. The molecule has 0 aliphatic heterocycles. The zero-order valence-electron chi connectivity index (χ0n) is 16.5. The lowest BCUT2D eigenvalue weighted by atomic mass is 10.2. The molecule has 1 heterocycles. The van der Waals surface area contributed by atoms with Gasteiger partial charge in [0.1, 0.15) is 5.75 Å². The first-order valence-corrected chi connectivity index (χ1v) is 9.20. The molecule has 3 rings (SSSR count). The largest absolute Gasteiger partial charge is 0.573 e. The van der Waals surface area contributed by atoms with Crippen LogP contribution in [0.3, 0.4) is 0 Å². The van der Waals surface area contributed by atoms with Gasteiger partial charge < -0.3 is 15.4 Å². The van der Waals surface area contributed by atoms with Gasteiger partial charge in [0.2, 0.25) is 0 Å². The lowest BCUT2D eigenvalue weighted by molar-refractivity contribution is -0.274. The fraction of sp³-hybridized carbons (Fsp3) is 0.238. The third kappa shape index (κ3) is 5.31. The number of rotatable bonds is 6. The maximum Gasteiger partial charge on any atom is 0.573 e. The van der Waals surface area contributed by atoms with Crippen molar-refractivity contribution in [2.45, 2.75) is 33.3 Å². The molecule has 2 amide bonds. The second-order valence-corrected chi connectivity index (χ2v) is 6.59. The Hall–Kier alpha value is -3.49. The van der Waals surface area contributed by atoms with Crippen LogP contribution < -0.4 is 15.4 Å². The number of hydrogen-bond donors (Lipinski definition) is 2. The molecule has 6 nitrogen and oxygen atoms in total. The molecule has 0 spiro atoms. The van der Waals surface area contributed by atoms with Gasteiger partial charge in [-0.15, -0.1) is 13.2 Å². The Kier molecular flexibility index (Phi) is 6.29. The summed E-state index contributed by atoms with van der Waals surface area (Å²) in [6.45, 7) is 3.88. The number of aryl methyl sites for hydroxylation is 1. The summed E-state index contributed by atoms with van der Waals surface area (Å²) in [7, 11) is 0. The zero-order valence-corrected chi connectivity index (χ0v) is 16.5. The van der Waals surface area contributed by atoms with Crippen molar-refractivity contribution in [2.24, 2.45) is 0 Å². The fourth-order valence-corrected chi connectivity index (χ4v) is 3.03. The van der Waals surface area contributed by atoms with Gasteiger partial charge in [0.05, 0.1) is 11.4 Å². The summed E-state index contributed by atoms with van der Waals surface area (Å²) < 4.78 is 43.3. The summed E-state index contributed by atoms with van der Waals surface area (Å²) >= 11 is 0. The van der Waals surface area contributed by atoms with E-state index in [2.05, 4.69) is 20.5 Å². The quantitative estimate of drug-likeness (QED) is 0.624. The Balaban J connectivity index is 1.61. The smallest absolute Gasteiger partial charge is 0.405 e. The molecular weight excluding hydrogens is 397 g/mol. The molecule has 0 saturated heterocycles. The number of nitrogens with one attached hydrogen (secondary N) is 2. The molecule has 3 aromatic rings. The minimum absolute atomic E-state index is 0.112. The van der Waals surface area contributed by atoms with Gasteiger partial charge in [-0.1, -0.05) is 36.4 Å². The molecule has 0 aliphatic rings. The third-order valence-electron chi connectivity index (χ3n) is 4.51. The Bertz CT molecular complexity index is 1020. The van der Waals surface area contributed by atoms with Gasteiger partial charge in [-0.2, -0.15) is 5.10 Å². The predicted octanol–water partition coefficient (Wildman–Crippen LogP) is 4.39.